The van der Waals surface area contributed by atoms with Crippen LogP contribution in [0.2, 0.25) is 5.02 Å². The van der Waals surface area contributed by atoms with Crippen LogP contribution >= 0.6 is 11.6 Å². The van der Waals surface area contributed by atoms with E-state index in [1.165, 1.54) is 6.20 Å². The van der Waals surface area contributed by atoms with Crippen LogP contribution in [0.25, 0.3) is 10.9 Å². The Balaban J connectivity index is 1.39. The van der Waals surface area contributed by atoms with E-state index in [1.807, 2.05) is 13.0 Å². The van der Waals surface area contributed by atoms with Crippen molar-refractivity contribution in [3.05, 3.63) is 58.3 Å². The fraction of sp³-hybridized carbons (Fsp3) is 0.348. The van der Waals surface area contributed by atoms with E-state index in [4.69, 9.17) is 21.1 Å². The molecular formula is C23H22ClFN4O4. The maximum Gasteiger partial charge on any atom is 0.273 e. The Morgan fingerprint density at radius 2 is 2.06 bits per heavy atom. The van der Waals surface area contributed by atoms with Gasteiger partial charge in [-0.15, -0.1) is 0 Å². The molecule has 10 heteroatoms. The monoisotopic (exact) mass is 472 g/mol. The normalized spacial score (nSPS) is 18.7. The van der Waals surface area contributed by atoms with E-state index in [1.54, 1.807) is 29.8 Å². The zero-order valence-electron chi connectivity index (χ0n) is 18.1. The number of carbonyl (C=O) groups is 2. The Morgan fingerprint density at radius 1 is 1.27 bits per heavy atom. The van der Waals surface area contributed by atoms with Gasteiger partial charge in [0, 0.05) is 41.2 Å². The van der Waals surface area contributed by atoms with E-state index in [9.17, 15) is 9.59 Å². The molecule has 33 heavy (non-hydrogen) atoms. The van der Waals surface area contributed by atoms with Gasteiger partial charge in [-0.2, -0.15) is 0 Å². The van der Waals surface area contributed by atoms with Gasteiger partial charge in [0.25, 0.3) is 11.8 Å². The van der Waals surface area contributed by atoms with Gasteiger partial charge in [-0.05, 0) is 25.1 Å². The zero-order valence-corrected chi connectivity index (χ0v) is 18.8. The molecule has 1 fully saturated rings. The highest BCUT2D eigenvalue weighted by Gasteiger charge is 2.37. The summed E-state index contributed by atoms with van der Waals surface area (Å²) in [5.74, 6) is -1.86. The van der Waals surface area contributed by atoms with Gasteiger partial charge in [-0.1, -0.05) is 17.7 Å². The molecule has 2 aromatic heterocycles. The van der Waals surface area contributed by atoms with E-state index in [-0.39, 0.29) is 24.0 Å². The van der Waals surface area contributed by atoms with Crippen LogP contribution in [-0.2, 0) is 11.8 Å². The molecular weight excluding hydrogens is 451 g/mol. The number of aryl methyl sites for hydroxylation is 1. The minimum Gasteiger partial charge on any atom is -0.490 e. The number of pyridine rings is 1. The topological polar surface area (TPSA) is 94.5 Å². The number of ether oxygens (including phenoxy) is 2. The molecule has 2 aliphatic rings. The fourth-order valence-electron chi connectivity index (χ4n) is 4.19. The molecule has 2 N–H and O–H groups in total. The van der Waals surface area contributed by atoms with E-state index in [0.717, 1.165) is 10.9 Å². The first-order chi connectivity index (χ1) is 15.8. The quantitative estimate of drug-likeness (QED) is 0.608. The molecule has 0 saturated carbocycles. The van der Waals surface area contributed by atoms with Crippen molar-refractivity contribution in [1.29, 1.82) is 0 Å². The van der Waals surface area contributed by atoms with Gasteiger partial charge in [0.2, 0.25) is 0 Å². The van der Waals surface area contributed by atoms with E-state index >= 15 is 4.39 Å². The number of hydrogen-bond donors (Lipinski definition) is 2. The average molecular weight is 473 g/mol. The first-order valence-corrected chi connectivity index (χ1v) is 10.9. The Labute approximate surface area is 194 Å². The molecule has 8 nitrogen and oxygen atoms in total. The predicted octanol–water partition coefficient (Wildman–Crippen LogP) is 3.14. The number of nitrogens with zero attached hydrogens (tertiary/aromatic N) is 2. The molecule has 0 aliphatic carbocycles. The lowest BCUT2D eigenvalue weighted by Crippen LogP contribution is -2.60. The van der Waals surface area contributed by atoms with Gasteiger partial charge in [0.05, 0.1) is 31.4 Å². The van der Waals surface area contributed by atoms with Crippen LogP contribution in [-0.4, -0.2) is 46.7 Å². The Hall–Kier alpha value is -3.17. The number of carbonyl (C=O) groups excluding carboxylic acids is 2. The molecule has 2 amide bonds. The molecule has 0 radical (unpaired) electrons. The number of halogens is 2. The van der Waals surface area contributed by atoms with Gasteiger partial charge in [-0.25, -0.2) is 9.37 Å². The summed E-state index contributed by atoms with van der Waals surface area (Å²) in [4.78, 5) is 29.6. The van der Waals surface area contributed by atoms with Gasteiger partial charge in [0.15, 0.2) is 17.3 Å². The predicted molar refractivity (Wildman–Crippen MR) is 119 cm³/mol. The summed E-state index contributed by atoms with van der Waals surface area (Å²) < 4.78 is 27.6. The summed E-state index contributed by atoms with van der Waals surface area (Å²) in [5.41, 5.74) is 0.777. The molecule has 0 spiro atoms. The SMILES string of the molecule is Cn1c(C(=O)NC2CCOc3c2cnc(C(=O)NC2(C)COC2)c3F)cc2ccc(Cl)cc21. The third kappa shape index (κ3) is 3.81. The highest BCUT2D eigenvalue weighted by atomic mass is 35.5. The number of hydrogen-bond acceptors (Lipinski definition) is 5. The van der Waals surface area contributed by atoms with Gasteiger partial charge in [-0.3, -0.25) is 9.59 Å². The van der Waals surface area contributed by atoms with Crippen LogP contribution in [0.1, 0.15) is 45.9 Å². The molecule has 1 unspecified atom stereocenters. The second-order valence-corrected chi connectivity index (χ2v) is 9.10. The number of nitrogens with one attached hydrogen (secondary N) is 2. The molecule has 4 heterocycles. The number of aromatic nitrogens is 2. The standard InChI is InChI=1S/C23H22ClFN4O4/c1-23(10-32-11-23)28-22(31)19-18(25)20-14(9-26-19)15(5-6-33-20)27-21(30)17-7-12-3-4-13(24)8-16(12)29(17)2/h3-4,7-9,15H,5-6,10-11H2,1-2H3,(H,27,30)(H,28,31). The molecule has 1 atom stereocenters. The van der Waals surface area contributed by atoms with E-state index in [2.05, 4.69) is 15.6 Å². The summed E-state index contributed by atoms with van der Waals surface area (Å²) in [7, 11) is 1.78. The van der Waals surface area contributed by atoms with Crippen molar-refractivity contribution in [3.8, 4) is 5.75 Å². The first-order valence-electron chi connectivity index (χ1n) is 10.5. The van der Waals surface area contributed by atoms with E-state index in [0.29, 0.717) is 35.9 Å². The molecule has 5 rings (SSSR count). The molecule has 3 aromatic rings. The number of rotatable bonds is 4. The summed E-state index contributed by atoms with van der Waals surface area (Å²) >= 11 is 6.08. The van der Waals surface area contributed by atoms with Crippen molar-refractivity contribution in [2.45, 2.75) is 24.9 Å². The van der Waals surface area contributed by atoms with Gasteiger partial charge < -0.3 is 24.7 Å². The number of fused-ring (bicyclic) bond motifs is 2. The summed E-state index contributed by atoms with van der Waals surface area (Å²) in [6.45, 7) is 2.72. The van der Waals surface area contributed by atoms with Crippen molar-refractivity contribution < 1.29 is 23.5 Å². The maximum absolute atomic E-state index is 15.2. The van der Waals surface area contributed by atoms with Gasteiger partial charge in [0.1, 0.15) is 5.69 Å². The molecule has 172 valence electrons. The zero-order chi connectivity index (χ0) is 23.3. The van der Waals surface area contributed by atoms with Crippen molar-refractivity contribution in [3.63, 3.8) is 0 Å². The summed E-state index contributed by atoms with van der Waals surface area (Å²) in [6, 6.07) is 6.66. The van der Waals surface area contributed by atoms with Crippen LogP contribution in [0.3, 0.4) is 0 Å². The Bertz CT molecular complexity index is 1290. The lowest BCUT2D eigenvalue weighted by atomic mass is 9.99. The molecule has 1 saturated heterocycles. The van der Waals surface area contributed by atoms with Crippen LogP contribution in [0.5, 0.6) is 5.75 Å². The third-order valence-corrected chi connectivity index (χ3v) is 6.28. The molecule has 2 aliphatic heterocycles. The highest BCUT2D eigenvalue weighted by molar-refractivity contribution is 6.31. The first kappa shape index (κ1) is 21.7. The summed E-state index contributed by atoms with van der Waals surface area (Å²) in [5, 5.41) is 7.14. The smallest absolute Gasteiger partial charge is 0.273 e. The Morgan fingerprint density at radius 3 is 2.79 bits per heavy atom. The van der Waals surface area contributed by atoms with Crippen LogP contribution in [0.15, 0.2) is 30.5 Å². The highest BCUT2D eigenvalue weighted by Crippen LogP contribution is 2.35. The minimum atomic E-state index is -0.841. The Kier molecular flexibility index (Phi) is 5.25. The van der Waals surface area contributed by atoms with Crippen molar-refractivity contribution in [2.75, 3.05) is 19.8 Å². The maximum atomic E-state index is 15.2. The second kappa shape index (κ2) is 8.00. The van der Waals surface area contributed by atoms with Crippen LogP contribution in [0.4, 0.5) is 4.39 Å². The molecule has 0 bridgehead atoms. The fourth-order valence-corrected chi connectivity index (χ4v) is 4.35. The van der Waals surface area contributed by atoms with E-state index < -0.39 is 23.3 Å². The minimum absolute atomic E-state index is 0.0643. The second-order valence-electron chi connectivity index (χ2n) is 8.67. The van der Waals surface area contributed by atoms with Crippen molar-refractivity contribution >= 4 is 34.3 Å². The number of benzene rings is 1. The van der Waals surface area contributed by atoms with Crippen LogP contribution < -0.4 is 15.4 Å². The lowest BCUT2D eigenvalue weighted by molar-refractivity contribution is -0.0595. The van der Waals surface area contributed by atoms with Gasteiger partial charge >= 0.3 is 0 Å². The third-order valence-electron chi connectivity index (χ3n) is 6.05. The lowest BCUT2D eigenvalue weighted by Gasteiger charge is -2.38. The summed E-state index contributed by atoms with van der Waals surface area (Å²) in [6.07, 6.45) is 1.83. The van der Waals surface area contributed by atoms with Crippen molar-refractivity contribution in [2.24, 2.45) is 7.05 Å². The molecule has 1 aromatic carbocycles. The number of amides is 2. The average Bonchev–Trinajstić information content (AvgIpc) is 3.09. The largest absolute Gasteiger partial charge is 0.490 e. The van der Waals surface area contributed by atoms with Crippen LogP contribution in [0, 0.1) is 5.82 Å². The van der Waals surface area contributed by atoms with Crippen molar-refractivity contribution in [1.82, 2.24) is 20.2 Å².